The fraction of sp³-hybridized carbons (Fsp3) is 0.368. The Labute approximate surface area is 153 Å². The number of nitrogens with zero attached hydrogens (tertiary/aromatic N) is 2. The fourth-order valence-corrected chi connectivity index (χ4v) is 5.15. The van der Waals surface area contributed by atoms with Gasteiger partial charge in [-0.2, -0.15) is 4.31 Å². The molecule has 2 aromatic rings. The van der Waals surface area contributed by atoms with Crippen LogP contribution in [-0.4, -0.2) is 36.8 Å². The Morgan fingerprint density at radius 1 is 1.27 bits per heavy atom. The molecule has 0 bridgehead atoms. The van der Waals surface area contributed by atoms with Crippen molar-refractivity contribution in [1.82, 2.24) is 9.29 Å². The van der Waals surface area contributed by atoms with E-state index < -0.39 is 22.0 Å². The van der Waals surface area contributed by atoms with E-state index in [0.717, 1.165) is 12.8 Å². The number of hydrogen-bond acceptors (Lipinski definition) is 5. The molecule has 1 atom stereocenters. The van der Waals surface area contributed by atoms with Gasteiger partial charge in [-0.3, -0.25) is 4.98 Å². The van der Waals surface area contributed by atoms with E-state index in [1.165, 1.54) is 17.5 Å². The summed E-state index contributed by atoms with van der Waals surface area (Å²) in [6.07, 6.45) is 3.31. The van der Waals surface area contributed by atoms with Crippen LogP contribution in [0.4, 0.5) is 0 Å². The third-order valence-corrected chi connectivity index (χ3v) is 6.73. The summed E-state index contributed by atoms with van der Waals surface area (Å²) in [5, 5.41) is 0. The first-order valence-corrected chi connectivity index (χ1v) is 9.93. The average molecular weight is 374 g/mol. The van der Waals surface area contributed by atoms with Crippen LogP contribution >= 0.6 is 0 Å². The van der Waals surface area contributed by atoms with Gasteiger partial charge in [0.25, 0.3) is 0 Å². The van der Waals surface area contributed by atoms with Crippen molar-refractivity contribution in [2.75, 3.05) is 7.11 Å². The summed E-state index contributed by atoms with van der Waals surface area (Å²) < 4.78 is 33.2. The van der Waals surface area contributed by atoms with Crippen molar-refractivity contribution < 1.29 is 17.9 Å². The Balaban J connectivity index is 2.06. The van der Waals surface area contributed by atoms with E-state index >= 15 is 0 Å². The molecule has 7 heteroatoms. The lowest BCUT2D eigenvalue weighted by Crippen LogP contribution is -2.36. The molecular weight excluding hydrogens is 352 g/mol. The zero-order valence-electron chi connectivity index (χ0n) is 15.0. The number of benzene rings is 1. The van der Waals surface area contributed by atoms with Crippen molar-refractivity contribution in [2.45, 2.75) is 43.7 Å². The van der Waals surface area contributed by atoms with Crippen molar-refractivity contribution in [3.63, 3.8) is 0 Å². The molecule has 3 rings (SSSR count). The fourth-order valence-electron chi connectivity index (χ4n) is 3.04. The van der Waals surface area contributed by atoms with Crippen LogP contribution in [-0.2, 0) is 14.8 Å². The molecule has 26 heavy (non-hydrogen) atoms. The van der Waals surface area contributed by atoms with Gasteiger partial charge in [0.2, 0.25) is 10.0 Å². The van der Waals surface area contributed by atoms with Gasteiger partial charge >= 0.3 is 5.97 Å². The maximum Gasteiger partial charge on any atom is 0.337 e. The standard InChI is InChI=1S/C19H22N2O4S/c1-13-7-8-15(19(22)25-3)12-18(13)26(23,24)21(16-9-10-16)14(2)17-6-4-5-11-20-17/h4-8,11-12,14,16H,9-10H2,1-3H3/t14-/m1/s1. The molecule has 1 fully saturated rings. The largest absolute Gasteiger partial charge is 0.465 e. The van der Waals surface area contributed by atoms with Crippen molar-refractivity contribution in [3.8, 4) is 0 Å². The first-order valence-electron chi connectivity index (χ1n) is 8.49. The van der Waals surface area contributed by atoms with Crippen molar-refractivity contribution in [1.29, 1.82) is 0 Å². The molecule has 1 aromatic carbocycles. The molecule has 0 N–H and O–H groups in total. The van der Waals surface area contributed by atoms with Crippen LogP contribution < -0.4 is 0 Å². The number of rotatable bonds is 6. The molecule has 138 valence electrons. The number of esters is 1. The molecular formula is C19H22N2O4S. The van der Waals surface area contributed by atoms with Gasteiger partial charge in [0.15, 0.2) is 0 Å². The van der Waals surface area contributed by atoms with Crippen molar-refractivity contribution >= 4 is 16.0 Å². The zero-order chi connectivity index (χ0) is 18.9. The minimum absolute atomic E-state index is 0.0433. The molecule has 1 aliphatic carbocycles. The molecule has 0 unspecified atom stereocenters. The highest BCUT2D eigenvalue weighted by atomic mass is 32.2. The third kappa shape index (κ3) is 3.50. The number of aryl methyl sites for hydroxylation is 1. The van der Waals surface area contributed by atoms with E-state index in [2.05, 4.69) is 4.98 Å². The number of pyridine rings is 1. The van der Waals surface area contributed by atoms with Gasteiger partial charge in [0.05, 0.1) is 29.3 Å². The van der Waals surface area contributed by atoms with E-state index in [4.69, 9.17) is 4.74 Å². The predicted octanol–water partition coefficient (Wildman–Crippen LogP) is 3.09. The van der Waals surface area contributed by atoms with Crippen LogP contribution in [0.3, 0.4) is 0 Å². The molecule has 0 amide bonds. The predicted molar refractivity (Wildman–Crippen MR) is 97.2 cm³/mol. The van der Waals surface area contributed by atoms with E-state index in [1.54, 1.807) is 31.3 Å². The maximum atomic E-state index is 13.5. The highest BCUT2D eigenvalue weighted by molar-refractivity contribution is 7.89. The smallest absolute Gasteiger partial charge is 0.337 e. The van der Waals surface area contributed by atoms with Crippen molar-refractivity contribution in [2.24, 2.45) is 0 Å². The summed E-state index contributed by atoms with van der Waals surface area (Å²) in [6, 6.07) is 9.65. The number of carbonyl (C=O) groups excluding carboxylic acids is 1. The van der Waals surface area contributed by atoms with Gasteiger partial charge < -0.3 is 4.74 Å². The highest BCUT2D eigenvalue weighted by Gasteiger charge is 2.42. The monoisotopic (exact) mass is 374 g/mol. The Morgan fingerprint density at radius 3 is 2.58 bits per heavy atom. The molecule has 0 spiro atoms. The number of aromatic nitrogens is 1. The van der Waals surface area contributed by atoms with Gasteiger partial charge in [-0.05, 0) is 56.5 Å². The number of carbonyl (C=O) groups is 1. The Bertz CT molecular complexity index is 908. The molecule has 1 saturated carbocycles. The van der Waals surface area contributed by atoms with Gasteiger partial charge in [0.1, 0.15) is 0 Å². The zero-order valence-corrected chi connectivity index (χ0v) is 15.9. The number of hydrogen-bond donors (Lipinski definition) is 0. The van der Waals surface area contributed by atoms with Crippen LogP contribution in [0.2, 0.25) is 0 Å². The number of ether oxygens (including phenoxy) is 1. The van der Waals surface area contributed by atoms with Gasteiger partial charge in [-0.1, -0.05) is 12.1 Å². The van der Waals surface area contributed by atoms with Crippen LogP contribution in [0.5, 0.6) is 0 Å². The van der Waals surface area contributed by atoms with Crippen LogP contribution in [0.15, 0.2) is 47.5 Å². The van der Waals surface area contributed by atoms with Crippen LogP contribution in [0.25, 0.3) is 0 Å². The molecule has 1 aliphatic rings. The summed E-state index contributed by atoms with van der Waals surface area (Å²) in [7, 11) is -2.52. The Hall–Kier alpha value is -2.25. The Kier molecular flexibility index (Phi) is 5.11. The normalized spacial score (nSPS) is 15.7. The lowest BCUT2D eigenvalue weighted by atomic mass is 10.1. The summed E-state index contributed by atoms with van der Waals surface area (Å²) in [4.78, 5) is 16.3. The molecule has 0 saturated heterocycles. The number of methoxy groups -OCH3 is 1. The van der Waals surface area contributed by atoms with E-state index in [1.807, 2.05) is 19.1 Å². The second-order valence-corrected chi connectivity index (χ2v) is 8.28. The SMILES string of the molecule is COC(=O)c1ccc(C)c(S(=O)(=O)N(C2CC2)[C@H](C)c2ccccn2)c1. The second-order valence-electron chi connectivity index (χ2n) is 6.47. The molecule has 0 aliphatic heterocycles. The lowest BCUT2D eigenvalue weighted by molar-refractivity contribution is 0.0600. The topological polar surface area (TPSA) is 76.6 Å². The minimum Gasteiger partial charge on any atom is -0.465 e. The molecule has 1 aromatic heterocycles. The van der Waals surface area contributed by atoms with E-state index in [0.29, 0.717) is 11.3 Å². The summed E-state index contributed by atoms with van der Waals surface area (Å²) >= 11 is 0. The molecule has 1 heterocycles. The maximum absolute atomic E-state index is 13.5. The van der Waals surface area contributed by atoms with Crippen molar-refractivity contribution in [3.05, 3.63) is 59.4 Å². The van der Waals surface area contributed by atoms with Crippen LogP contribution in [0.1, 0.15) is 47.4 Å². The van der Waals surface area contributed by atoms with Gasteiger partial charge in [0, 0.05) is 12.2 Å². The van der Waals surface area contributed by atoms with Gasteiger partial charge in [-0.25, -0.2) is 13.2 Å². The summed E-state index contributed by atoms with van der Waals surface area (Å²) in [6.45, 7) is 3.57. The Morgan fingerprint density at radius 2 is 2.00 bits per heavy atom. The third-order valence-electron chi connectivity index (χ3n) is 4.57. The highest BCUT2D eigenvalue weighted by Crippen LogP contribution is 2.39. The first kappa shape index (κ1) is 18.5. The average Bonchev–Trinajstić information content (AvgIpc) is 3.46. The van der Waals surface area contributed by atoms with E-state index in [-0.39, 0.29) is 16.5 Å². The second kappa shape index (κ2) is 7.17. The number of sulfonamides is 1. The lowest BCUT2D eigenvalue weighted by Gasteiger charge is -2.28. The first-order chi connectivity index (χ1) is 12.4. The molecule has 0 radical (unpaired) electrons. The van der Waals surface area contributed by atoms with E-state index in [9.17, 15) is 13.2 Å². The summed E-state index contributed by atoms with van der Waals surface area (Å²) in [5.74, 6) is -0.558. The summed E-state index contributed by atoms with van der Waals surface area (Å²) in [5.41, 5.74) is 1.51. The van der Waals surface area contributed by atoms with Gasteiger partial charge in [-0.15, -0.1) is 0 Å². The quantitative estimate of drug-likeness (QED) is 0.726. The minimum atomic E-state index is -3.79. The molecule has 6 nitrogen and oxygen atoms in total. The van der Waals surface area contributed by atoms with Crippen LogP contribution in [0, 0.1) is 6.92 Å².